The Kier molecular flexibility index (Phi) is 21.6. The van der Waals surface area contributed by atoms with Crippen molar-refractivity contribution in [1.82, 2.24) is 0 Å². The van der Waals surface area contributed by atoms with Crippen molar-refractivity contribution in [3.05, 3.63) is 0 Å². The summed E-state index contributed by atoms with van der Waals surface area (Å²) in [6.07, 6.45) is 21.3. The number of hydrogen-bond donors (Lipinski definition) is 0. The summed E-state index contributed by atoms with van der Waals surface area (Å²) in [5, 5.41) is 0. The van der Waals surface area contributed by atoms with Crippen LogP contribution in [0.5, 0.6) is 0 Å². The summed E-state index contributed by atoms with van der Waals surface area (Å²) in [7, 11) is 0. The molecule has 2 unspecified atom stereocenters. The number of cyclic esters (lactones) is 1. The van der Waals surface area contributed by atoms with Crippen LogP contribution in [0.1, 0.15) is 182 Å². The second-order valence-corrected chi connectivity index (χ2v) is 14.3. The van der Waals surface area contributed by atoms with Gasteiger partial charge in [-0.05, 0) is 64.7 Å². The summed E-state index contributed by atoms with van der Waals surface area (Å²) in [5.41, 5.74) is 0. The Labute approximate surface area is 290 Å². The number of rotatable bonds is 28. The number of Topliss-reactive ketones (excluding diaryl/α,β-unsaturated/α-hetero) is 2. The highest BCUT2D eigenvalue weighted by atomic mass is 16.6. The molecule has 276 valence electrons. The number of carbonyl (C=O) groups is 5. The van der Waals surface area contributed by atoms with Crippen LogP contribution in [0.3, 0.4) is 0 Å². The molecule has 0 amide bonds. The Balaban J connectivity index is 1.63. The van der Waals surface area contributed by atoms with Crippen molar-refractivity contribution < 1.29 is 42.9 Å². The Bertz CT molecular complexity index is 963. The van der Waals surface area contributed by atoms with Crippen LogP contribution < -0.4 is 0 Å². The third-order valence-corrected chi connectivity index (χ3v) is 9.78. The molecular weight excluding hydrogens is 612 g/mol. The maximum atomic E-state index is 12.4. The van der Waals surface area contributed by atoms with Crippen LogP contribution >= 0.6 is 0 Å². The van der Waals surface area contributed by atoms with Gasteiger partial charge in [-0.3, -0.25) is 19.2 Å². The van der Waals surface area contributed by atoms with Crippen LogP contribution in [0.25, 0.3) is 0 Å². The zero-order chi connectivity index (χ0) is 35.1. The standard InChI is InChI=1S/C39H66O9/c1-5-6-7-8-9-10-11-12-15-18-21-35(45-30(3)41)37-25-26-38(48-37)36(46-31(4)42)22-19-16-13-14-17-20-33(43)23-24-34-28-32(27-29(2)40)39(44)47-34/h32,34-38H,5-28H2,1-4H3/t32?,34?,35-,36-,37-,38-/m0/s1. The number of ketones is 2. The molecule has 48 heavy (non-hydrogen) atoms. The summed E-state index contributed by atoms with van der Waals surface area (Å²) in [6.45, 7) is 6.61. The van der Waals surface area contributed by atoms with Crippen molar-refractivity contribution in [2.24, 2.45) is 5.92 Å². The monoisotopic (exact) mass is 678 g/mol. The van der Waals surface area contributed by atoms with E-state index in [1.165, 1.54) is 72.1 Å². The average molecular weight is 679 g/mol. The second-order valence-electron chi connectivity index (χ2n) is 14.3. The van der Waals surface area contributed by atoms with E-state index < -0.39 is 0 Å². The number of carbonyl (C=O) groups excluding carboxylic acids is 5. The lowest BCUT2D eigenvalue weighted by Gasteiger charge is -2.27. The van der Waals surface area contributed by atoms with Crippen LogP contribution in [-0.4, -0.2) is 60.0 Å². The molecule has 2 aliphatic heterocycles. The Morgan fingerprint density at radius 3 is 1.65 bits per heavy atom. The highest BCUT2D eigenvalue weighted by Gasteiger charge is 2.38. The highest BCUT2D eigenvalue weighted by Crippen LogP contribution is 2.31. The number of ether oxygens (including phenoxy) is 4. The molecule has 2 heterocycles. The fourth-order valence-corrected chi connectivity index (χ4v) is 7.19. The molecule has 2 fully saturated rings. The van der Waals surface area contributed by atoms with E-state index in [4.69, 9.17) is 18.9 Å². The molecule has 0 spiro atoms. The van der Waals surface area contributed by atoms with Gasteiger partial charge in [-0.25, -0.2) is 0 Å². The van der Waals surface area contributed by atoms with Crippen LogP contribution in [0.4, 0.5) is 0 Å². The predicted octanol–water partition coefficient (Wildman–Crippen LogP) is 8.70. The van der Waals surface area contributed by atoms with Crippen molar-refractivity contribution in [3.63, 3.8) is 0 Å². The normalized spacial score (nSPS) is 21.9. The van der Waals surface area contributed by atoms with Crippen molar-refractivity contribution >= 4 is 29.5 Å². The van der Waals surface area contributed by atoms with E-state index in [-0.39, 0.29) is 72.3 Å². The lowest BCUT2D eigenvalue weighted by molar-refractivity contribution is -0.163. The molecule has 0 bridgehead atoms. The quantitative estimate of drug-likeness (QED) is 0.0454. The topological polar surface area (TPSA) is 122 Å². The van der Waals surface area contributed by atoms with E-state index >= 15 is 0 Å². The highest BCUT2D eigenvalue weighted by molar-refractivity contribution is 5.84. The van der Waals surface area contributed by atoms with E-state index in [1.807, 2.05) is 0 Å². The molecule has 9 heteroatoms. The molecule has 0 saturated carbocycles. The maximum Gasteiger partial charge on any atom is 0.309 e. The molecule has 0 N–H and O–H groups in total. The van der Waals surface area contributed by atoms with E-state index in [0.717, 1.165) is 70.6 Å². The van der Waals surface area contributed by atoms with Gasteiger partial charge in [0.2, 0.25) is 0 Å². The predicted molar refractivity (Wildman–Crippen MR) is 185 cm³/mol. The SMILES string of the molecule is CCCCCCCCCCCC[C@H](OC(C)=O)[C@@H]1CC[C@@H]([C@H](CCCCCCCC(=O)CCC2CC(CC(C)=O)C(=O)O2)OC(C)=O)O1. The van der Waals surface area contributed by atoms with E-state index in [0.29, 0.717) is 25.7 Å². The van der Waals surface area contributed by atoms with Gasteiger partial charge in [0, 0.05) is 33.1 Å². The first-order valence-corrected chi connectivity index (χ1v) is 19.3. The Morgan fingerprint density at radius 1 is 0.688 bits per heavy atom. The maximum absolute atomic E-state index is 12.4. The Hall–Kier alpha value is -2.29. The zero-order valence-electron chi connectivity index (χ0n) is 30.6. The third-order valence-electron chi connectivity index (χ3n) is 9.78. The van der Waals surface area contributed by atoms with Gasteiger partial charge in [-0.2, -0.15) is 0 Å². The second kappa shape index (κ2) is 24.8. The lowest BCUT2D eigenvalue weighted by Crippen LogP contribution is -2.35. The fraction of sp³-hybridized carbons (Fsp3) is 0.872. The Morgan fingerprint density at radius 2 is 1.17 bits per heavy atom. The number of hydrogen-bond acceptors (Lipinski definition) is 9. The molecule has 9 nitrogen and oxygen atoms in total. The van der Waals surface area contributed by atoms with Crippen LogP contribution in [0.2, 0.25) is 0 Å². The molecule has 0 aromatic rings. The smallest absolute Gasteiger partial charge is 0.309 e. The van der Waals surface area contributed by atoms with E-state index in [2.05, 4.69) is 6.92 Å². The first-order valence-electron chi connectivity index (χ1n) is 19.3. The van der Waals surface area contributed by atoms with Crippen LogP contribution in [0.15, 0.2) is 0 Å². The molecular formula is C39H66O9. The van der Waals surface area contributed by atoms with Crippen molar-refractivity contribution in [3.8, 4) is 0 Å². The van der Waals surface area contributed by atoms with Crippen LogP contribution in [0, 0.1) is 5.92 Å². The van der Waals surface area contributed by atoms with Gasteiger partial charge in [0.25, 0.3) is 0 Å². The minimum absolute atomic E-state index is 0.0181. The summed E-state index contributed by atoms with van der Waals surface area (Å²) in [4.78, 5) is 59.4. The van der Waals surface area contributed by atoms with Crippen molar-refractivity contribution in [2.75, 3.05) is 0 Å². The average Bonchev–Trinajstić information content (AvgIpc) is 3.65. The summed E-state index contributed by atoms with van der Waals surface area (Å²) < 4.78 is 23.2. The lowest BCUT2D eigenvalue weighted by atomic mass is 9.96. The van der Waals surface area contributed by atoms with Gasteiger partial charge in [-0.15, -0.1) is 0 Å². The fourth-order valence-electron chi connectivity index (χ4n) is 7.19. The van der Waals surface area contributed by atoms with Crippen LogP contribution in [-0.2, 0) is 42.9 Å². The van der Waals surface area contributed by atoms with Gasteiger partial charge in [0.1, 0.15) is 29.9 Å². The molecule has 2 rings (SSSR count). The summed E-state index contributed by atoms with van der Waals surface area (Å²) >= 11 is 0. The molecule has 2 aliphatic rings. The molecule has 0 aromatic carbocycles. The third kappa shape index (κ3) is 18.5. The first-order chi connectivity index (χ1) is 23.1. The molecule has 0 radical (unpaired) electrons. The van der Waals surface area contributed by atoms with Crippen molar-refractivity contribution in [2.45, 2.75) is 212 Å². The number of esters is 3. The minimum Gasteiger partial charge on any atom is -0.462 e. The molecule has 2 saturated heterocycles. The van der Waals surface area contributed by atoms with E-state index in [1.54, 1.807) is 0 Å². The van der Waals surface area contributed by atoms with Gasteiger partial charge < -0.3 is 23.7 Å². The van der Waals surface area contributed by atoms with Gasteiger partial charge >= 0.3 is 17.9 Å². The molecule has 6 atom stereocenters. The van der Waals surface area contributed by atoms with Gasteiger partial charge in [0.15, 0.2) is 0 Å². The van der Waals surface area contributed by atoms with Gasteiger partial charge in [-0.1, -0.05) is 84.0 Å². The van der Waals surface area contributed by atoms with Gasteiger partial charge in [0.05, 0.1) is 18.1 Å². The zero-order valence-corrected chi connectivity index (χ0v) is 30.6. The summed E-state index contributed by atoms with van der Waals surface area (Å²) in [6, 6.07) is 0. The van der Waals surface area contributed by atoms with Crippen molar-refractivity contribution in [1.29, 1.82) is 0 Å². The van der Waals surface area contributed by atoms with E-state index in [9.17, 15) is 24.0 Å². The molecule has 0 aliphatic carbocycles. The summed E-state index contributed by atoms with van der Waals surface area (Å²) in [5.74, 6) is -1.10. The first kappa shape index (κ1) is 41.9. The molecule has 0 aromatic heterocycles. The minimum atomic E-state index is -0.360. The largest absolute Gasteiger partial charge is 0.462 e. The number of unbranched alkanes of at least 4 members (excludes halogenated alkanes) is 13.